The van der Waals surface area contributed by atoms with Crippen molar-refractivity contribution in [2.75, 3.05) is 0 Å². The SMILES string of the molecule is N#Cc1ncn(C[C]2[CH][CH][CH][CH]2)c1C#N.[CH]1[CH][CH][CH][CH]1.[Fe+2]. The van der Waals surface area contributed by atoms with Crippen molar-refractivity contribution in [1.29, 1.82) is 10.5 Å². The zero-order valence-corrected chi connectivity index (χ0v) is 12.2. The van der Waals surface area contributed by atoms with Crippen LogP contribution in [0.4, 0.5) is 0 Å². The summed E-state index contributed by atoms with van der Waals surface area (Å²) in [5.41, 5.74) is 0.503. The summed E-state index contributed by atoms with van der Waals surface area (Å²) in [6.45, 7) is 0.574. The molecule has 0 aromatic carbocycles. The maximum atomic E-state index is 8.89. The van der Waals surface area contributed by atoms with Gasteiger partial charge in [-0.15, -0.1) is 0 Å². The Bertz CT molecular complexity index is 492. The number of hydrogen-bond acceptors (Lipinski definition) is 3. The van der Waals surface area contributed by atoms with Gasteiger partial charge in [0.1, 0.15) is 12.1 Å². The molecule has 2 saturated carbocycles. The van der Waals surface area contributed by atoms with Gasteiger partial charge in [-0.3, -0.25) is 0 Å². The van der Waals surface area contributed by atoms with E-state index in [0.29, 0.717) is 12.2 Å². The first-order chi connectivity index (χ1) is 9.85. The molecule has 3 rings (SSSR count). The van der Waals surface area contributed by atoms with Crippen molar-refractivity contribution in [1.82, 2.24) is 9.55 Å². The second kappa shape index (κ2) is 9.61. The third kappa shape index (κ3) is 5.20. The van der Waals surface area contributed by atoms with Gasteiger partial charge in [-0.25, -0.2) is 4.98 Å². The number of rotatable bonds is 2. The van der Waals surface area contributed by atoms with Crippen LogP contribution in [0.25, 0.3) is 0 Å². The first-order valence-corrected chi connectivity index (χ1v) is 6.07. The molecule has 0 amide bonds. The molecule has 10 radical (unpaired) electrons. The fourth-order valence-electron chi connectivity index (χ4n) is 1.74. The van der Waals surface area contributed by atoms with Crippen LogP contribution in [0, 0.1) is 86.4 Å². The van der Waals surface area contributed by atoms with E-state index < -0.39 is 0 Å². The van der Waals surface area contributed by atoms with Crippen LogP contribution in [-0.2, 0) is 23.6 Å². The van der Waals surface area contributed by atoms with Gasteiger partial charge < -0.3 is 4.57 Å². The van der Waals surface area contributed by atoms with Crippen LogP contribution in [0.2, 0.25) is 0 Å². The molecule has 0 atom stereocenters. The zero-order valence-electron chi connectivity index (χ0n) is 11.1. The third-order valence-corrected chi connectivity index (χ3v) is 2.69. The molecule has 5 heteroatoms. The summed E-state index contributed by atoms with van der Waals surface area (Å²) >= 11 is 0. The second-order valence-electron chi connectivity index (χ2n) is 4.05. The van der Waals surface area contributed by atoms with Crippen molar-refractivity contribution in [3.63, 3.8) is 0 Å². The Morgan fingerprint density at radius 2 is 1.48 bits per heavy atom. The van der Waals surface area contributed by atoms with Crippen molar-refractivity contribution in [3.8, 4) is 12.1 Å². The van der Waals surface area contributed by atoms with E-state index in [-0.39, 0.29) is 22.8 Å². The van der Waals surface area contributed by atoms with E-state index in [4.69, 9.17) is 10.5 Å². The van der Waals surface area contributed by atoms with Crippen molar-refractivity contribution < 1.29 is 17.1 Å². The van der Waals surface area contributed by atoms with E-state index >= 15 is 0 Å². The minimum atomic E-state index is 0. The van der Waals surface area contributed by atoms with Crippen molar-refractivity contribution in [3.05, 3.63) is 81.4 Å². The maximum absolute atomic E-state index is 8.89. The molecule has 1 aromatic rings. The minimum absolute atomic E-state index is 0. The summed E-state index contributed by atoms with van der Waals surface area (Å²) in [6.07, 6.45) is 19.3. The van der Waals surface area contributed by atoms with Crippen LogP contribution in [-0.4, -0.2) is 9.55 Å². The van der Waals surface area contributed by atoms with Crippen LogP contribution < -0.4 is 0 Å². The fourth-order valence-corrected chi connectivity index (χ4v) is 1.74. The standard InChI is InChI=1S/C11H7N4.C5H5.Fe/c12-5-10-11(6-13)15(8-14-10)7-9-3-1-2-4-9;1-2-4-5-3-1;/h1-4,8H,7H2;1-5H;/q;;+2. The molecule has 0 N–H and O–H groups in total. The normalized spacial score (nSPS) is 17.2. The Labute approximate surface area is 137 Å². The van der Waals surface area contributed by atoms with Crippen LogP contribution in [0.3, 0.4) is 0 Å². The van der Waals surface area contributed by atoms with Crippen molar-refractivity contribution in [2.24, 2.45) is 0 Å². The molecule has 0 spiro atoms. The predicted molar refractivity (Wildman–Crippen MR) is 73.6 cm³/mol. The first kappa shape index (κ1) is 17.8. The quantitative estimate of drug-likeness (QED) is 0.784. The van der Waals surface area contributed by atoms with Crippen molar-refractivity contribution >= 4 is 0 Å². The number of hydrogen-bond donors (Lipinski definition) is 0. The maximum Gasteiger partial charge on any atom is 2.00 e. The summed E-state index contributed by atoms with van der Waals surface area (Å²) in [4.78, 5) is 3.87. The average molecular weight is 316 g/mol. The topological polar surface area (TPSA) is 65.4 Å². The van der Waals surface area contributed by atoms with Gasteiger partial charge in [0.25, 0.3) is 0 Å². The van der Waals surface area contributed by atoms with Crippen LogP contribution in [0.1, 0.15) is 11.4 Å². The molecule has 2 aliphatic rings. The molecule has 102 valence electrons. The number of nitrogens with zero attached hydrogens (tertiary/aromatic N) is 4. The Morgan fingerprint density at radius 1 is 0.905 bits per heavy atom. The molecule has 0 unspecified atom stereocenters. The van der Waals surface area contributed by atoms with Gasteiger partial charge in [-0.05, 0) is 57.8 Å². The Balaban J connectivity index is 0.000000313. The summed E-state index contributed by atoms with van der Waals surface area (Å²) in [7, 11) is 0. The molecule has 0 bridgehead atoms. The molecule has 1 aromatic heterocycles. The number of aromatic nitrogens is 2. The van der Waals surface area contributed by atoms with Gasteiger partial charge in [0.15, 0.2) is 11.4 Å². The van der Waals surface area contributed by atoms with E-state index in [0.717, 1.165) is 5.92 Å². The monoisotopic (exact) mass is 316 g/mol. The van der Waals surface area contributed by atoms with Gasteiger partial charge in [0.05, 0.1) is 6.33 Å². The van der Waals surface area contributed by atoms with Crippen molar-refractivity contribution in [2.45, 2.75) is 6.54 Å². The van der Waals surface area contributed by atoms with Gasteiger partial charge in [-0.2, -0.15) is 10.5 Å². The number of imidazole rings is 1. The summed E-state index contributed by atoms with van der Waals surface area (Å²) in [6, 6.07) is 3.88. The van der Waals surface area contributed by atoms with E-state index in [1.54, 1.807) is 4.57 Å². The molecular weight excluding hydrogens is 304 g/mol. The zero-order chi connectivity index (χ0) is 14.2. The largest absolute Gasteiger partial charge is 2.00 e. The summed E-state index contributed by atoms with van der Waals surface area (Å²) in [5.74, 6) is 1.09. The minimum Gasteiger partial charge on any atom is -0.321 e. The Morgan fingerprint density at radius 3 is 1.95 bits per heavy atom. The molecule has 2 fully saturated rings. The van der Waals surface area contributed by atoms with E-state index in [1.165, 1.54) is 6.33 Å². The van der Waals surface area contributed by atoms with E-state index in [9.17, 15) is 0 Å². The van der Waals surface area contributed by atoms with Crippen LogP contribution >= 0.6 is 0 Å². The fraction of sp³-hybridized carbons (Fsp3) is 0.0625. The summed E-state index contributed by atoms with van der Waals surface area (Å²) in [5, 5.41) is 17.6. The Kier molecular flexibility index (Phi) is 8.13. The third-order valence-electron chi connectivity index (χ3n) is 2.69. The van der Waals surface area contributed by atoms with Gasteiger partial charge in [0.2, 0.25) is 0 Å². The smallest absolute Gasteiger partial charge is 0.321 e. The molecule has 2 aliphatic carbocycles. The molecule has 1 heterocycles. The van der Waals surface area contributed by atoms with E-state index in [1.807, 2.05) is 69.9 Å². The molecule has 0 aliphatic heterocycles. The average Bonchev–Trinajstić information content (AvgIpc) is 3.23. The number of nitriles is 2. The molecule has 0 saturated heterocycles. The van der Waals surface area contributed by atoms with Gasteiger partial charge >= 0.3 is 17.1 Å². The molecule has 4 nitrogen and oxygen atoms in total. The predicted octanol–water partition coefficient (Wildman–Crippen LogP) is 2.05. The Hall–Kier alpha value is -1.29. The van der Waals surface area contributed by atoms with Gasteiger partial charge in [0, 0.05) is 12.5 Å². The van der Waals surface area contributed by atoms with E-state index in [2.05, 4.69) is 4.98 Å². The van der Waals surface area contributed by atoms with Crippen LogP contribution in [0.15, 0.2) is 6.33 Å². The first-order valence-electron chi connectivity index (χ1n) is 6.07. The van der Waals surface area contributed by atoms with Gasteiger partial charge in [-0.1, -0.05) is 0 Å². The van der Waals surface area contributed by atoms with Crippen LogP contribution in [0.5, 0.6) is 0 Å². The summed E-state index contributed by atoms with van der Waals surface area (Å²) < 4.78 is 1.67. The second-order valence-corrected chi connectivity index (χ2v) is 4.05. The molecule has 21 heavy (non-hydrogen) atoms. The molecular formula is C16H12FeN4+2.